The summed E-state index contributed by atoms with van der Waals surface area (Å²) in [6, 6.07) is 6.51. The van der Waals surface area contributed by atoms with E-state index in [1.165, 1.54) is 0 Å². The number of aliphatic hydroxyl groups is 3. The number of nitrogens with zero attached hydrogens (tertiary/aromatic N) is 2. The summed E-state index contributed by atoms with van der Waals surface area (Å²) in [6.45, 7) is -0.339. The number of hydrogen-bond donors (Lipinski definition) is 7. The van der Waals surface area contributed by atoms with E-state index in [9.17, 15) is 19.8 Å². The van der Waals surface area contributed by atoms with E-state index in [-0.39, 0.29) is 29.1 Å². The summed E-state index contributed by atoms with van der Waals surface area (Å²) in [6.07, 6.45) is -0.224. The van der Waals surface area contributed by atoms with Crippen LogP contribution in [0.4, 0.5) is 16.4 Å². The molecule has 0 aliphatic rings. The molecule has 9 N–H and O–H groups in total. The Morgan fingerprint density at radius 1 is 1.06 bits per heavy atom. The summed E-state index contributed by atoms with van der Waals surface area (Å²) in [4.78, 5) is 31.4. The highest BCUT2D eigenvalue weighted by Crippen LogP contribution is 2.17. The number of halogens is 1. The van der Waals surface area contributed by atoms with Crippen LogP contribution in [0.1, 0.15) is 28.9 Å². The molecule has 2 rings (SSSR count). The van der Waals surface area contributed by atoms with Crippen molar-refractivity contribution in [3.8, 4) is 5.75 Å². The third kappa shape index (κ3) is 8.35. The molecule has 0 aliphatic carbocycles. The maximum atomic E-state index is 12.1. The Labute approximate surface area is 194 Å². The van der Waals surface area contributed by atoms with Gasteiger partial charge in [0.25, 0.3) is 5.91 Å². The first-order valence-electron chi connectivity index (χ1n) is 10.1. The molecule has 2 unspecified atom stereocenters. The zero-order valence-electron chi connectivity index (χ0n) is 17.7. The molecule has 12 nitrogen and oxygen atoms in total. The highest BCUT2D eigenvalue weighted by molar-refractivity contribution is 6.31. The molecule has 3 amide bonds. The fraction of sp³-hybridized carbons (Fsp3) is 0.400. The molecular formula is C20H27ClN6O6. The number of aliphatic hydroxyl groups excluding tert-OH is 3. The molecule has 0 saturated heterocycles. The zero-order valence-corrected chi connectivity index (χ0v) is 18.5. The minimum atomic E-state index is -1.25. The van der Waals surface area contributed by atoms with Crippen molar-refractivity contribution >= 4 is 35.2 Å². The lowest BCUT2D eigenvalue weighted by Crippen LogP contribution is -2.40. The quantitative estimate of drug-likeness (QED) is 0.211. The normalized spacial score (nSPS) is 12.6. The van der Waals surface area contributed by atoms with Crippen LogP contribution in [0.5, 0.6) is 5.75 Å². The number of ether oxygens (including phenoxy) is 1. The van der Waals surface area contributed by atoms with Gasteiger partial charge >= 0.3 is 6.03 Å². The van der Waals surface area contributed by atoms with Crippen molar-refractivity contribution in [2.75, 3.05) is 31.2 Å². The molecule has 2 aromatic rings. The first-order valence-corrected chi connectivity index (χ1v) is 10.5. The predicted molar refractivity (Wildman–Crippen MR) is 121 cm³/mol. The zero-order chi connectivity index (χ0) is 24.4. The van der Waals surface area contributed by atoms with Gasteiger partial charge in [0.1, 0.15) is 24.6 Å². The van der Waals surface area contributed by atoms with Crippen LogP contribution in [-0.4, -0.2) is 69.2 Å². The number of aromatic nitrogens is 2. The predicted octanol–water partition coefficient (Wildman–Crippen LogP) is -0.150. The second kappa shape index (κ2) is 12.7. The minimum Gasteiger partial charge on any atom is -0.491 e. The summed E-state index contributed by atoms with van der Waals surface area (Å²) in [5, 5.41) is 32.1. The topological polar surface area (TPSA) is 206 Å². The summed E-state index contributed by atoms with van der Waals surface area (Å²) in [5.41, 5.74) is 11.8. The lowest BCUT2D eigenvalue weighted by molar-refractivity contribution is -0.0339. The van der Waals surface area contributed by atoms with Crippen molar-refractivity contribution in [1.82, 2.24) is 20.6 Å². The summed E-state index contributed by atoms with van der Waals surface area (Å²) in [5.74, 6) is -0.676. The van der Waals surface area contributed by atoms with E-state index in [4.69, 9.17) is 32.9 Å². The van der Waals surface area contributed by atoms with E-state index >= 15 is 0 Å². The molecule has 13 heteroatoms. The third-order valence-corrected chi connectivity index (χ3v) is 4.78. The van der Waals surface area contributed by atoms with E-state index in [1.807, 2.05) is 12.1 Å². The number of urea groups is 1. The number of hydrogen-bond acceptors (Lipinski definition) is 10. The fourth-order valence-electron chi connectivity index (χ4n) is 2.64. The molecule has 0 spiro atoms. The van der Waals surface area contributed by atoms with Crippen molar-refractivity contribution in [3.05, 3.63) is 40.7 Å². The van der Waals surface area contributed by atoms with Crippen molar-refractivity contribution in [2.45, 2.75) is 31.5 Å². The van der Waals surface area contributed by atoms with Crippen molar-refractivity contribution < 1.29 is 29.6 Å². The number of nitrogens with two attached hydrogens (primary N) is 2. The van der Waals surface area contributed by atoms with Gasteiger partial charge in [-0.05, 0) is 37.0 Å². The number of carbonyl (C=O) groups is 2. The van der Waals surface area contributed by atoms with Crippen LogP contribution in [0.15, 0.2) is 24.3 Å². The van der Waals surface area contributed by atoms with E-state index in [0.29, 0.717) is 18.7 Å². The van der Waals surface area contributed by atoms with Gasteiger partial charge in [-0.3, -0.25) is 10.1 Å². The van der Waals surface area contributed by atoms with E-state index in [1.54, 1.807) is 12.1 Å². The molecule has 1 aromatic heterocycles. The SMILES string of the molecule is Nc1nc(N)c(C(=O)NC(=O)NCCCCc2ccc(OCC(O)C(O)CO)cc2)nc1Cl. The third-order valence-electron chi connectivity index (χ3n) is 4.50. The van der Waals surface area contributed by atoms with Gasteiger partial charge in [-0.1, -0.05) is 23.7 Å². The monoisotopic (exact) mass is 482 g/mol. The van der Waals surface area contributed by atoms with Gasteiger partial charge in [-0.15, -0.1) is 0 Å². The van der Waals surface area contributed by atoms with Crippen LogP contribution < -0.4 is 26.8 Å². The van der Waals surface area contributed by atoms with Gasteiger partial charge in [0.15, 0.2) is 22.5 Å². The first-order chi connectivity index (χ1) is 15.7. The van der Waals surface area contributed by atoms with Crippen molar-refractivity contribution in [1.29, 1.82) is 0 Å². The second-order valence-electron chi connectivity index (χ2n) is 7.07. The van der Waals surface area contributed by atoms with Gasteiger partial charge in [-0.25, -0.2) is 14.8 Å². The van der Waals surface area contributed by atoms with Gasteiger partial charge in [-0.2, -0.15) is 0 Å². The number of carbonyl (C=O) groups excluding carboxylic acids is 2. The Morgan fingerprint density at radius 3 is 2.42 bits per heavy atom. The Balaban J connectivity index is 1.66. The lowest BCUT2D eigenvalue weighted by atomic mass is 10.1. The highest BCUT2D eigenvalue weighted by Gasteiger charge is 2.18. The molecule has 180 valence electrons. The molecule has 0 saturated carbocycles. The first kappa shape index (κ1) is 26.1. The lowest BCUT2D eigenvalue weighted by Gasteiger charge is -2.16. The number of aryl methyl sites for hydroxylation is 1. The number of nitrogens with one attached hydrogen (secondary N) is 2. The summed E-state index contributed by atoms with van der Waals surface area (Å²) >= 11 is 5.72. The average Bonchev–Trinajstić information content (AvgIpc) is 2.79. The summed E-state index contributed by atoms with van der Waals surface area (Å²) in [7, 11) is 0. The average molecular weight is 483 g/mol. The molecular weight excluding hydrogens is 456 g/mol. The molecule has 1 heterocycles. The fourth-order valence-corrected chi connectivity index (χ4v) is 2.76. The van der Waals surface area contributed by atoms with Crippen LogP contribution >= 0.6 is 11.6 Å². The number of benzene rings is 1. The number of anilines is 2. The van der Waals surface area contributed by atoms with Crippen LogP contribution in [0, 0.1) is 0 Å². The van der Waals surface area contributed by atoms with E-state index < -0.39 is 30.8 Å². The molecule has 0 fully saturated rings. The van der Waals surface area contributed by atoms with Gasteiger partial charge in [0.2, 0.25) is 0 Å². The van der Waals surface area contributed by atoms with Crippen molar-refractivity contribution in [2.24, 2.45) is 0 Å². The van der Waals surface area contributed by atoms with Crippen LogP contribution in [0.3, 0.4) is 0 Å². The molecule has 0 aliphatic heterocycles. The van der Waals surface area contributed by atoms with Gasteiger partial charge in [0.05, 0.1) is 6.61 Å². The number of imide groups is 1. The smallest absolute Gasteiger partial charge is 0.321 e. The van der Waals surface area contributed by atoms with Crippen LogP contribution in [-0.2, 0) is 6.42 Å². The van der Waals surface area contributed by atoms with Gasteiger partial charge in [0, 0.05) is 6.54 Å². The van der Waals surface area contributed by atoms with E-state index in [0.717, 1.165) is 18.4 Å². The van der Waals surface area contributed by atoms with Crippen LogP contribution in [0.25, 0.3) is 0 Å². The number of unbranched alkanes of at least 4 members (excludes halogenated alkanes) is 1. The number of rotatable bonds is 11. The van der Waals surface area contributed by atoms with Gasteiger partial charge < -0.3 is 36.8 Å². The molecule has 2 atom stereocenters. The molecule has 33 heavy (non-hydrogen) atoms. The van der Waals surface area contributed by atoms with E-state index in [2.05, 4.69) is 20.6 Å². The Hall–Kier alpha value is -3.19. The highest BCUT2D eigenvalue weighted by atomic mass is 35.5. The largest absolute Gasteiger partial charge is 0.491 e. The number of nitrogen functional groups attached to an aromatic ring is 2. The molecule has 0 bridgehead atoms. The standard InChI is InChI=1S/C20H27ClN6O6/c21-16-18(23)26-17(22)15(25-16)19(31)27-20(32)24-8-2-1-3-11-4-6-12(7-5-11)33-10-14(30)13(29)9-28/h4-7,13-14,28-30H,1-3,8-10H2,(H4,22,23,26)(H2,24,27,31,32). The Morgan fingerprint density at radius 2 is 1.76 bits per heavy atom. The van der Waals surface area contributed by atoms with Crippen molar-refractivity contribution in [3.63, 3.8) is 0 Å². The molecule has 1 aromatic carbocycles. The van der Waals surface area contributed by atoms with Crippen LogP contribution in [0.2, 0.25) is 5.15 Å². The molecule has 0 radical (unpaired) electrons. The number of amides is 3. The maximum absolute atomic E-state index is 12.1. The maximum Gasteiger partial charge on any atom is 0.321 e. The minimum absolute atomic E-state index is 0.117. The Bertz CT molecular complexity index is 945. The summed E-state index contributed by atoms with van der Waals surface area (Å²) < 4.78 is 5.37. The second-order valence-corrected chi connectivity index (χ2v) is 7.43. The Kier molecular flexibility index (Phi) is 10.1.